The first-order chi connectivity index (χ1) is 9.67. The van der Waals surface area contributed by atoms with Crippen LogP contribution in [0.15, 0.2) is 6.07 Å². The van der Waals surface area contributed by atoms with Crippen LogP contribution in [-0.2, 0) is 20.8 Å². The lowest BCUT2D eigenvalue weighted by Crippen LogP contribution is -2.39. The molecule has 1 saturated heterocycles. The number of nitrogens with two attached hydrogens (primary N) is 1. The molecule has 0 aromatic carbocycles. The molecule has 0 aliphatic carbocycles. The van der Waals surface area contributed by atoms with Crippen molar-refractivity contribution in [2.75, 3.05) is 44.5 Å². The lowest BCUT2D eigenvalue weighted by atomic mass is 10.0. The molecule has 1 atom stereocenters. The van der Waals surface area contributed by atoms with Gasteiger partial charge in [-0.25, -0.2) is 9.97 Å². The molecule has 1 aliphatic heterocycles. The maximum Gasteiger partial charge on any atom is 0.158 e. The van der Waals surface area contributed by atoms with Crippen LogP contribution >= 0.6 is 0 Å². The summed E-state index contributed by atoms with van der Waals surface area (Å²) in [7, 11) is 1.70. The zero-order chi connectivity index (χ0) is 14.4. The molecular weight excluding hydrogens is 260 g/mol. The largest absolute Gasteiger partial charge is 0.384 e. The molecule has 1 aromatic rings. The molecule has 1 fully saturated rings. The maximum atomic E-state index is 5.78. The Hall–Kier alpha value is -1.44. The molecule has 2 rings (SSSR count). The zero-order valence-electron chi connectivity index (χ0n) is 12.0. The Morgan fingerprint density at radius 1 is 1.50 bits per heavy atom. The number of hydrogen-bond donors (Lipinski definition) is 2. The molecule has 1 aromatic heterocycles. The van der Waals surface area contributed by atoms with E-state index < -0.39 is 0 Å². The summed E-state index contributed by atoms with van der Waals surface area (Å²) in [6.45, 7) is 4.82. The van der Waals surface area contributed by atoms with E-state index in [2.05, 4.69) is 15.3 Å². The minimum atomic E-state index is -0.292. The summed E-state index contributed by atoms with van der Waals surface area (Å²) >= 11 is 0. The van der Waals surface area contributed by atoms with Gasteiger partial charge in [-0.3, -0.25) is 0 Å². The van der Waals surface area contributed by atoms with Gasteiger partial charge >= 0.3 is 0 Å². The Kier molecular flexibility index (Phi) is 5.11. The van der Waals surface area contributed by atoms with Gasteiger partial charge in [0.2, 0.25) is 0 Å². The van der Waals surface area contributed by atoms with Crippen LogP contribution in [0.1, 0.15) is 19.2 Å². The third-order valence-corrected chi connectivity index (χ3v) is 3.32. The second-order valence-corrected chi connectivity index (χ2v) is 4.77. The third-order valence-electron chi connectivity index (χ3n) is 3.32. The molecule has 7 nitrogen and oxygen atoms in total. The number of ether oxygens (including phenoxy) is 3. The summed E-state index contributed by atoms with van der Waals surface area (Å²) in [4.78, 5) is 8.51. The summed E-state index contributed by atoms with van der Waals surface area (Å²) < 4.78 is 16.3. The quantitative estimate of drug-likeness (QED) is 0.764. The van der Waals surface area contributed by atoms with Crippen LogP contribution in [0.4, 0.5) is 11.6 Å². The summed E-state index contributed by atoms with van der Waals surface area (Å²) in [6, 6.07) is 1.70. The fourth-order valence-corrected chi connectivity index (χ4v) is 2.08. The van der Waals surface area contributed by atoms with Crippen molar-refractivity contribution < 1.29 is 14.2 Å². The number of methoxy groups -OCH3 is 1. The van der Waals surface area contributed by atoms with E-state index in [4.69, 9.17) is 19.9 Å². The fraction of sp³-hybridized carbons (Fsp3) is 0.692. The minimum absolute atomic E-state index is 0.292. The first-order valence-electron chi connectivity index (χ1n) is 6.75. The van der Waals surface area contributed by atoms with E-state index in [0.717, 1.165) is 13.0 Å². The molecular formula is C13H22N4O3. The Morgan fingerprint density at radius 3 is 3.00 bits per heavy atom. The molecule has 0 amide bonds. The molecule has 0 radical (unpaired) electrons. The topological polar surface area (TPSA) is 91.5 Å². The molecule has 1 unspecified atom stereocenters. The number of aromatic nitrogens is 2. The molecule has 112 valence electrons. The van der Waals surface area contributed by atoms with Crippen molar-refractivity contribution in [1.29, 1.82) is 0 Å². The van der Waals surface area contributed by atoms with Crippen molar-refractivity contribution >= 4 is 11.6 Å². The summed E-state index contributed by atoms with van der Waals surface area (Å²) in [6.07, 6.45) is 0.864. The van der Waals surface area contributed by atoms with Gasteiger partial charge in [0.1, 0.15) is 23.8 Å². The highest BCUT2D eigenvalue weighted by atomic mass is 16.5. The van der Waals surface area contributed by atoms with Gasteiger partial charge in [-0.15, -0.1) is 0 Å². The number of rotatable bonds is 7. The van der Waals surface area contributed by atoms with Crippen molar-refractivity contribution in [3.8, 4) is 0 Å². The van der Waals surface area contributed by atoms with Gasteiger partial charge in [-0.1, -0.05) is 0 Å². The lowest BCUT2D eigenvalue weighted by molar-refractivity contribution is -0.00626. The van der Waals surface area contributed by atoms with Crippen molar-refractivity contribution in [1.82, 2.24) is 9.97 Å². The summed E-state index contributed by atoms with van der Waals surface area (Å²) in [5.74, 6) is 1.67. The monoisotopic (exact) mass is 282 g/mol. The maximum absolute atomic E-state index is 5.78. The first-order valence-corrected chi connectivity index (χ1v) is 6.75. The molecule has 3 N–H and O–H groups in total. The second kappa shape index (κ2) is 6.83. The van der Waals surface area contributed by atoms with Crippen LogP contribution in [0, 0.1) is 0 Å². The molecule has 2 heterocycles. The predicted octanol–water partition coefficient (Wildman–Crippen LogP) is 0.813. The number of nitrogen functional groups attached to an aromatic ring is 1. The van der Waals surface area contributed by atoms with Crippen LogP contribution in [0.2, 0.25) is 0 Å². The van der Waals surface area contributed by atoms with Gasteiger partial charge in [0.05, 0.1) is 6.61 Å². The highest BCUT2D eigenvalue weighted by molar-refractivity contribution is 5.44. The number of nitrogens with one attached hydrogen (secondary N) is 1. The van der Waals surface area contributed by atoms with Crippen LogP contribution in [0.5, 0.6) is 0 Å². The highest BCUT2D eigenvalue weighted by Gasteiger charge is 2.34. The standard InChI is InChI=1S/C13H22N4O3/c1-3-19-7-12-16-10(14)6-11(17-12)15-8-13(18-2)4-5-20-9-13/h6H,3-5,7-9H2,1-2H3,(H3,14,15,16,17). The van der Waals surface area contributed by atoms with Crippen LogP contribution in [-0.4, -0.2) is 49.0 Å². The van der Waals surface area contributed by atoms with Crippen molar-refractivity contribution in [3.05, 3.63) is 11.9 Å². The van der Waals surface area contributed by atoms with Gasteiger partial charge in [-0.2, -0.15) is 0 Å². The van der Waals surface area contributed by atoms with Gasteiger partial charge < -0.3 is 25.3 Å². The molecule has 0 spiro atoms. The Labute approximate surface area is 118 Å². The van der Waals surface area contributed by atoms with Crippen molar-refractivity contribution in [3.63, 3.8) is 0 Å². The Balaban J connectivity index is 1.99. The normalized spacial score (nSPS) is 22.1. The molecule has 1 aliphatic rings. The van der Waals surface area contributed by atoms with Gasteiger partial charge in [0.25, 0.3) is 0 Å². The average molecular weight is 282 g/mol. The van der Waals surface area contributed by atoms with E-state index in [1.165, 1.54) is 0 Å². The lowest BCUT2D eigenvalue weighted by Gasteiger charge is -2.26. The van der Waals surface area contributed by atoms with E-state index in [1.54, 1.807) is 13.2 Å². The van der Waals surface area contributed by atoms with Gasteiger partial charge in [-0.05, 0) is 6.92 Å². The van der Waals surface area contributed by atoms with E-state index in [1.807, 2.05) is 6.92 Å². The van der Waals surface area contributed by atoms with E-state index in [9.17, 15) is 0 Å². The molecule has 20 heavy (non-hydrogen) atoms. The molecule has 7 heteroatoms. The van der Waals surface area contributed by atoms with E-state index in [-0.39, 0.29) is 5.60 Å². The smallest absolute Gasteiger partial charge is 0.158 e. The fourth-order valence-electron chi connectivity index (χ4n) is 2.08. The predicted molar refractivity (Wildman–Crippen MR) is 75.4 cm³/mol. The van der Waals surface area contributed by atoms with Crippen LogP contribution in [0.3, 0.4) is 0 Å². The van der Waals surface area contributed by atoms with E-state index in [0.29, 0.717) is 43.8 Å². The van der Waals surface area contributed by atoms with Crippen molar-refractivity contribution in [2.45, 2.75) is 25.6 Å². The average Bonchev–Trinajstić information content (AvgIpc) is 2.92. The number of hydrogen-bond acceptors (Lipinski definition) is 7. The summed E-state index contributed by atoms with van der Waals surface area (Å²) in [5.41, 5.74) is 5.49. The highest BCUT2D eigenvalue weighted by Crippen LogP contribution is 2.23. The van der Waals surface area contributed by atoms with Gasteiger partial charge in [0, 0.05) is 39.4 Å². The van der Waals surface area contributed by atoms with E-state index >= 15 is 0 Å². The Morgan fingerprint density at radius 2 is 2.35 bits per heavy atom. The van der Waals surface area contributed by atoms with Crippen LogP contribution < -0.4 is 11.1 Å². The Bertz CT molecular complexity index is 436. The van der Waals surface area contributed by atoms with Crippen LogP contribution in [0.25, 0.3) is 0 Å². The van der Waals surface area contributed by atoms with Gasteiger partial charge in [0.15, 0.2) is 5.82 Å². The summed E-state index contributed by atoms with van der Waals surface area (Å²) in [5, 5.41) is 3.24. The molecule has 0 saturated carbocycles. The minimum Gasteiger partial charge on any atom is -0.384 e. The SMILES string of the molecule is CCOCc1nc(N)cc(NCC2(OC)CCOC2)n1. The molecule has 0 bridgehead atoms. The second-order valence-electron chi connectivity index (χ2n) is 4.77. The number of anilines is 2. The zero-order valence-corrected chi connectivity index (χ0v) is 12.0. The number of nitrogens with zero attached hydrogens (tertiary/aromatic N) is 2. The third kappa shape index (κ3) is 3.78. The first kappa shape index (κ1) is 15.0. The van der Waals surface area contributed by atoms with Crippen molar-refractivity contribution in [2.24, 2.45) is 0 Å².